The van der Waals surface area contributed by atoms with E-state index in [4.69, 9.17) is 0 Å². The molecule has 0 aliphatic rings. The summed E-state index contributed by atoms with van der Waals surface area (Å²) in [6, 6.07) is 0. The first kappa shape index (κ1) is 27.1. The standard InChI is InChI=1S/C25H49NO2/c1-3-5-7-9-11-12-13-14-15-17-20-24(27)21-19-22-25(28)26-23-18-16-10-8-6-4-2/h3-23H2,1-2H3,(H,26,28). The maximum atomic E-state index is 11.9. The smallest absolute Gasteiger partial charge is 0.220 e. The molecule has 0 spiro atoms. The monoisotopic (exact) mass is 395 g/mol. The zero-order valence-electron chi connectivity index (χ0n) is 19.2. The Bertz CT molecular complexity index is 354. The van der Waals surface area contributed by atoms with Gasteiger partial charge in [-0.05, 0) is 19.3 Å². The van der Waals surface area contributed by atoms with E-state index in [9.17, 15) is 9.59 Å². The van der Waals surface area contributed by atoms with Crippen LogP contribution in [-0.4, -0.2) is 18.2 Å². The quantitative estimate of drug-likeness (QED) is 0.193. The van der Waals surface area contributed by atoms with Gasteiger partial charge in [-0.1, -0.05) is 104 Å². The molecule has 0 radical (unpaired) electrons. The molecule has 3 nitrogen and oxygen atoms in total. The number of carbonyl (C=O) groups excluding carboxylic acids is 2. The van der Waals surface area contributed by atoms with Crippen LogP contribution in [0.1, 0.15) is 142 Å². The molecule has 3 heteroatoms. The Labute approximate surface area is 175 Å². The van der Waals surface area contributed by atoms with Crippen molar-refractivity contribution in [2.24, 2.45) is 0 Å². The van der Waals surface area contributed by atoms with Crippen LogP contribution in [0.25, 0.3) is 0 Å². The van der Waals surface area contributed by atoms with Crippen LogP contribution in [0.2, 0.25) is 0 Å². The summed E-state index contributed by atoms with van der Waals surface area (Å²) in [5.74, 6) is 0.448. The fourth-order valence-corrected chi connectivity index (χ4v) is 3.60. The second kappa shape index (κ2) is 22.4. The first-order valence-electron chi connectivity index (χ1n) is 12.5. The minimum atomic E-state index is 0.111. The Kier molecular flexibility index (Phi) is 21.7. The SMILES string of the molecule is CCCCCCCCCCCCC(=O)CCCC(=O)NCCCCCCCC. The fraction of sp³-hybridized carbons (Fsp3) is 0.920. The predicted molar refractivity (Wildman–Crippen MR) is 122 cm³/mol. The van der Waals surface area contributed by atoms with Crippen LogP contribution in [0.4, 0.5) is 0 Å². The van der Waals surface area contributed by atoms with Gasteiger partial charge in [0.2, 0.25) is 5.91 Å². The minimum Gasteiger partial charge on any atom is -0.356 e. The Balaban J connectivity index is 3.30. The van der Waals surface area contributed by atoms with Gasteiger partial charge >= 0.3 is 0 Å². The minimum absolute atomic E-state index is 0.111. The number of hydrogen-bond acceptors (Lipinski definition) is 2. The third-order valence-electron chi connectivity index (χ3n) is 5.52. The maximum Gasteiger partial charge on any atom is 0.220 e. The van der Waals surface area contributed by atoms with Gasteiger partial charge in [0.1, 0.15) is 5.78 Å². The lowest BCUT2D eigenvalue weighted by molar-refractivity contribution is -0.121. The largest absolute Gasteiger partial charge is 0.356 e. The fourth-order valence-electron chi connectivity index (χ4n) is 3.60. The highest BCUT2D eigenvalue weighted by Gasteiger charge is 2.05. The molecule has 0 rings (SSSR count). The number of Topliss-reactive ketones (excluding diaryl/α,β-unsaturated/α-hetero) is 1. The Morgan fingerprint density at radius 3 is 1.46 bits per heavy atom. The molecule has 0 fully saturated rings. The summed E-state index contributed by atoms with van der Waals surface area (Å²) in [5, 5.41) is 2.98. The number of amides is 1. The second-order valence-corrected chi connectivity index (χ2v) is 8.44. The van der Waals surface area contributed by atoms with Crippen molar-refractivity contribution >= 4 is 11.7 Å². The molecule has 0 aromatic carbocycles. The van der Waals surface area contributed by atoms with Crippen LogP contribution < -0.4 is 5.32 Å². The van der Waals surface area contributed by atoms with Crippen molar-refractivity contribution in [3.63, 3.8) is 0 Å². The van der Waals surface area contributed by atoms with Crippen molar-refractivity contribution in [1.29, 1.82) is 0 Å². The number of unbranched alkanes of at least 4 members (excludes halogenated alkanes) is 14. The molecule has 0 aliphatic carbocycles. The number of nitrogens with one attached hydrogen (secondary N) is 1. The van der Waals surface area contributed by atoms with Crippen LogP contribution in [0, 0.1) is 0 Å². The molecule has 166 valence electrons. The van der Waals surface area contributed by atoms with Crippen LogP contribution in [0.15, 0.2) is 0 Å². The lowest BCUT2D eigenvalue weighted by atomic mass is 10.0. The average molecular weight is 396 g/mol. The third-order valence-corrected chi connectivity index (χ3v) is 5.52. The van der Waals surface area contributed by atoms with Crippen molar-refractivity contribution in [2.45, 2.75) is 142 Å². The van der Waals surface area contributed by atoms with E-state index in [-0.39, 0.29) is 5.91 Å². The van der Waals surface area contributed by atoms with Gasteiger partial charge < -0.3 is 5.32 Å². The molecule has 0 aromatic heterocycles. The van der Waals surface area contributed by atoms with E-state index in [2.05, 4.69) is 19.2 Å². The zero-order chi connectivity index (χ0) is 20.7. The van der Waals surface area contributed by atoms with Crippen molar-refractivity contribution in [3.05, 3.63) is 0 Å². The van der Waals surface area contributed by atoms with Gasteiger partial charge in [-0.15, -0.1) is 0 Å². The zero-order valence-corrected chi connectivity index (χ0v) is 19.2. The van der Waals surface area contributed by atoms with Crippen molar-refractivity contribution in [2.75, 3.05) is 6.54 Å². The van der Waals surface area contributed by atoms with Gasteiger partial charge in [-0.25, -0.2) is 0 Å². The Hall–Kier alpha value is -0.860. The number of carbonyl (C=O) groups is 2. The molecule has 0 aliphatic heterocycles. The van der Waals surface area contributed by atoms with Crippen molar-refractivity contribution < 1.29 is 9.59 Å². The van der Waals surface area contributed by atoms with E-state index in [0.29, 0.717) is 31.5 Å². The summed E-state index contributed by atoms with van der Waals surface area (Å²) in [7, 11) is 0. The first-order chi connectivity index (χ1) is 13.7. The second-order valence-electron chi connectivity index (χ2n) is 8.44. The van der Waals surface area contributed by atoms with Gasteiger partial charge in [-0.2, -0.15) is 0 Å². The number of ketones is 1. The maximum absolute atomic E-state index is 11.9. The molecule has 1 amide bonds. The molecular weight excluding hydrogens is 346 g/mol. The molecule has 0 atom stereocenters. The summed E-state index contributed by atoms with van der Waals surface area (Å²) in [6.07, 6.45) is 22.9. The Morgan fingerprint density at radius 1 is 0.500 bits per heavy atom. The third kappa shape index (κ3) is 21.4. The average Bonchev–Trinajstić information content (AvgIpc) is 2.68. The summed E-state index contributed by atoms with van der Waals surface area (Å²) in [5.41, 5.74) is 0. The number of rotatable bonds is 22. The summed E-state index contributed by atoms with van der Waals surface area (Å²) in [6.45, 7) is 5.27. The van der Waals surface area contributed by atoms with Gasteiger partial charge in [0.05, 0.1) is 0 Å². The molecule has 0 saturated heterocycles. The van der Waals surface area contributed by atoms with E-state index in [1.807, 2.05) is 0 Å². The predicted octanol–water partition coefficient (Wildman–Crippen LogP) is 7.51. The summed E-state index contributed by atoms with van der Waals surface area (Å²) in [4.78, 5) is 23.7. The lowest BCUT2D eigenvalue weighted by Crippen LogP contribution is -2.24. The molecular formula is C25H49NO2. The lowest BCUT2D eigenvalue weighted by Gasteiger charge is -2.05. The Morgan fingerprint density at radius 2 is 0.929 bits per heavy atom. The highest BCUT2D eigenvalue weighted by atomic mass is 16.1. The van der Waals surface area contributed by atoms with Crippen LogP contribution >= 0.6 is 0 Å². The van der Waals surface area contributed by atoms with Crippen LogP contribution in [0.3, 0.4) is 0 Å². The van der Waals surface area contributed by atoms with Crippen LogP contribution in [0.5, 0.6) is 0 Å². The van der Waals surface area contributed by atoms with Gasteiger partial charge in [0.15, 0.2) is 0 Å². The van der Waals surface area contributed by atoms with Crippen molar-refractivity contribution in [3.8, 4) is 0 Å². The van der Waals surface area contributed by atoms with Gasteiger partial charge in [0, 0.05) is 25.8 Å². The first-order valence-corrected chi connectivity index (χ1v) is 12.5. The van der Waals surface area contributed by atoms with Crippen LogP contribution in [-0.2, 0) is 9.59 Å². The molecule has 0 unspecified atom stereocenters. The topological polar surface area (TPSA) is 46.2 Å². The molecule has 0 saturated carbocycles. The molecule has 0 bridgehead atoms. The molecule has 0 heterocycles. The van der Waals surface area contributed by atoms with Crippen molar-refractivity contribution in [1.82, 2.24) is 5.32 Å². The highest BCUT2D eigenvalue weighted by Crippen LogP contribution is 2.12. The van der Waals surface area contributed by atoms with E-state index in [1.165, 1.54) is 89.9 Å². The highest BCUT2D eigenvalue weighted by molar-refractivity contribution is 5.80. The molecule has 28 heavy (non-hydrogen) atoms. The van der Waals surface area contributed by atoms with E-state index in [0.717, 1.165) is 19.4 Å². The van der Waals surface area contributed by atoms with Gasteiger partial charge in [0.25, 0.3) is 0 Å². The molecule has 1 N–H and O–H groups in total. The number of hydrogen-bond donors (Lipinski definition) is 1. The van der Waals surface area contributed by atoms with E-state index in [1.54, 1.807) is 0 Å². The summed E-state index contributed by atoms with van der Waals surface area (Å²) >= 11 is 0. The van der Waals surface area contributed by atoms with E-state index < -0.39 is 0 Å². The van der Waals surface area contributed by atoms with E-state index >= 15 is 0 Å². The molecule has 0 aromatic rings. The summed E-state index contributed by atoms with van der Waals surface area (Å²) < 4.78 is 0. The normalized spacial score (nSPS) is 10.9. The van der Waals surface area contributed by atoms with Gasteiger partial charge in [-0.3, -0.25) is 9.59 Å².